The highest BCUT2D eigenvalue weighted by Crippen LogP contribution is 2.17. The number of methoxy groups -OCH3 is 1. The molecule has 174 valence electrons. The number of carbonyl (C=O) groups is 3. The molecule has 0 fully saturated rings. The van der Waals surface area contributed by atoms with Crippen LogP contribution in [0.25, 0.3) is 0 Å². The summed E-state index contributed by atoms with van der Waals surface area (Å²) in [5.41, 5.74) is 9.03. The lowest BCUT2D eigenvalue weighted by atomic mass is 10.0. The number of nitrogens with zero attached hydrogens (tertiary/aromatic N) is 1. The van der Waals surface area contributed by atoms with E-state index in [1.807, 2.05) is 59.7 Å². The van der Waals surface area contributed by atoms with Crippen LogP contribution >= 0.6 is 0 Å². The van der Waals surface area contributed by atoms with Crippen molar-refractivity contribution in [3.63, 3.8) is 0 Å². The summed E-state index contributed by atoms with van der Waals surface area (Å²) in [4.78, 5) is 39.5. The highest BCUT2D eigenvalue weighted by Gasteiger charge is 2.38. The van der Waals surface area contributed by atoms with E-state index in [2.05, 4.69) is 0 Å². The predicted molar refractivity (Wildman–Crippen MR) is 120 cm³/mol. The monoisotopic (exact) mass is 434 g/mol. The number of imide groups is 1. The third kappa shape index (κ3) is 8.42. The molecule has 1 rings (SSSR count). The minimum Gasteiger partial charge on any atom is -0.444 e. The van der Waals surface area contributed by atoms with Crippen LogP contribution in [0.1, 0.15) is 63.6 Å². The number of rotatable bonds is 11. The van der Waals surface area contributed by atoms with Gasteiger partial charge in [-0.05, 0) is 55.2 Å². The van der Waals surface area contributed by atoms with Crippen molar-refractivity contribution in [3.05, 3.63) is 34.9 Å². The Morgan fingerprint density at radius 1 is 1.03 bits per heavy atom. The van der Waals surface area contributed by atoms with Gasteiger partial charge in [0.05, 0.1) is 6.04 Å². The fourth-order valence-corrected chi connectivity index (χ4v) is 3.13. The SMILES string of the molecule is COC(C(=O)CCC(C)C)N(C(=O)OCc1ccc(C)c(C)c1)C(=O)[C@@H](N)CC(C)C. The molecule has 2 atom stereocenters. The molecule has 0 aliphatic rings. The summed E-state index contributed by atoms with van der Waals surface area (Å²) in [6.45, 7) is 11.8. The molecule has 0 aliphatic heterocycles. The molecule has 31 heavy (non-hydrogen) atoms. The van der Waals surface area contributed by atoms with Crippen LogP contribution in [0.3, 0.4) is 0 Å². The van der Waals surface area contributed by atoms with Crippen molar-refractivity contribution in [1.82, 2.24) is 4.90 Å². The van der Waals surface area contributed by atoms with Crippen LogP contribution in [0.5, 0.6) is 0 Å². The molecular weight excluding hydrogens is 396 g/mol. The van der Waals surface area contributed by atoms with E-state index in [1.54, 1.807) is 0 Å². The molecule has 2 amide bonds. The van der Waals surface area contributed by atoms with Gasteiger partial charge in [0.2, 0.25) is 6.23 Å². The van der Waals surface area contributed by atoms with Gasteiger partial charge in [-0.3, -0.25) is 9.59 Å². The Morgan fingerprint density at radius 3 is 2.19 bits per heavy atom. The molecule has 1 aromatic rings. The largest absolute Gasteiger partial charge is 0.444 e. The molecule has 7 heteroatoms. The molecule has 2 N–H and O–H groups in total. The average molecular weight is 435 g/mol. The van der Waals surface area contributed by atoms with Crippen LogP contribution in [0.2, 0.25) is 0 Å². The Balaban J connectivity index is 3.08. The zero-order valence-electron chi connectivity index (χ0n) is 19.9. The number of nitrogens with two attached hydrogens (primary N) is 1. The molecule has 7 nitrogen and oxygen atoms in total. The Morgan fingerprint density at radius 2 is 1.68 bits per heavy atom. The fraction of sp³-hybridized carbons (Fsp3) is 0.625. The van der Waals surface area contributed by atoms with Gasteiger partial charge in [-0.1, -0.05) is 45.9 Å². The minimum atomic E-state index is -1.36. The van der Waals surface area contributed by atoms with Crippen molar-refractivity contribution in [1.29, 1.82) is 0 Å². The van der Waals surface area contributed by atoms with E-state index < -0.39 is 24.3 Å². The first-order valence-corrected chi connectivity index (χ1v) is 10.8. The van der Waals surface area contributed by atoms with E-state index in [4.69, 9.17) is 15.2 Å². The number of hydrogen-bond acceptors (Lipinski definition) is 6. The van der Waals surface area contributed by atoms with E-state index in [0.29, 0.717) is 18.8 Å². The lowest BCUT2D eigenvalue weighted by Gasteiger charge is -2.29. The second kappa shape index (κ2) is 12.6. The topological polar surface area (TPSA) is 98.9 Å². The summed E-state index contributed by atoms with van der Waals surface area (Å²) >= 11 is 0. The number of carbonyl (C=O) groups excluding carboxylic acids is 3. The summed E-state index contributed by atoms with van der Waals surface area (Å²) in [7, 11) is 1.29. The van der Waals surface area contributed by atoms with E-state index >= 15 is 0 Å². The van der Waals surface area contributed by atoms with Gasteiger partial charge in [-0.25, -0.2) is 9.69 Å². The number of ether oxygens (including phenoxy) is 2. The summed E-state index contributed by atoms with van der Waals surface area (Å²) in [6.07, 6.45) is -1.12. The maximum atomic E-state index is 13.0. The quantitative estimate of drug-likeness (QED) is 0.526. The number of aryl methyl sites for hydroxylation is 2. The maximum absolute atomic E-state index is 13.0. The number of amides is 2. The van der Waals surface area contributed by atoms with Crippen LogP contribution in [0.4, 0.5) is 4.79 Å². The van der Waals surface area contributed by atoms with E-state index in [0.717, 1.165) is 21.6 Å². The van der Waals surface area contributed by atoms with Crippen LogP contribution in [0, 0.1) is 25.7 Å². The van der Waals surface area contributed by atoms with Gasteiger partial charge in [0.15, 0.2) is 5.78 Å². The predicted octanol–water partition coefficient (Wildman–Crippen LogP) is 4.12. The van der Waals surface area contributed by atoms with Crippen molar-refractivity contribution in [3.8, 4) is 0 Å². The standard InChI is InChI=1S/C24H38N2O5/c1-15(2)8-11-21(27)23(30-7)26(22(28)20(25)12-16(3)4)24(29)31-14-19-10-9-17(5)18(6)13-19/h9-10,13,15-16,20,23H,8,11-12,14,25H2,1-7H3/t20-,23?/m0/s1. The molecular formula is C24H38N2O5. The van der Waals surface area contributed by atoms with Gasteiger partial charge < -0.3 is 15.2 Å². The average Bonchev–Trinajstić information content (AvgIpc) is 2.69. The van der Waals surface area contributed by atoms with Crippen molar-refractivity contribution < 1.29 is 23.9 Å². The molecule has 0 spiro atoms. The Bertz CT molecular complexity index is 760. The maximum Gasteiger partial charge on any atom is 0.419 e. The summed E-state index contributed by atoms with van der Waals surface area (Å²) in [6, 6.07) is 4.77. The summed E-state index contributed by atoms with van der Waals surface area (Å²) in [5.74, 6) is -0.594. The first kappa shape index (κ1) is 26.8. The number of Topliss-reactive ketones (excluding diaryl/α,β-unsaturated/α-hetero) is 1. The minimum absolute atomic E-state index is 0.0280. The van der Waals surface area contributed by atoms with Gasteiger partial charge in [0.1, 0.15) is 6.61 Å². The third-order valence-electron chi connectivity index (χ3n) is 5.11. The number of hydrogen-bond donors (Lipinski definition) is 1. The van der Waals surface area contributed by atoms with Crippen molar-refractivity contribution >= 4 is 17.8 Å². The second-order valence-electron chi connectivity index (χ2n) is 8.90. The number of ketones is 1. The van der Waals surface area contributed by atoms with E-state index in [1.165, 1.54) is 7.11 Å². The molecule has 0 aliphatic carbocycles. The Hall–Kier alpha value is -2.25. The van der Waals surface area contributed by atoms with Crippen LogP contribution in [0.15, 0.2) is 18.2 Å². The molecule has 0 heterocycles. The lowest BCUT2D eigenvalue weighted by Crippen LogP contribution is -2.55. The molecule has 0 bridgehead atoms. The first-order chi connectivity index (χ1) is 14.5. The highest BCUT2D eigenvalue weighted by molar-refractivity contribution is 6.00. The van der Waals surface area contributed by atoms with Crippen LogP contribution < -0.4 is 5.73 Å². The fourth-order valence-electron chi connectivity index (χ4n) is 3.13. The number of benzene rings is 1. The van der Waals surface area contributed by atoms with E-state index in [9.17, 15) is 14.4 Å². The van der Waals surface area contributed by atoms with E-state index in [-0.39, 0.29) is 24.7 Å². The zero-order valence-corrected chi connectivity index (χ0v) is 19.9. The molecule has 0 saturated carbocycles. The third-order valence-corrected chi connectivity index (χ3v) is 5.11. The highest BCUT2D eigenvalue weighted by atomic mass is 16.6. The normalized spacial score (nSPS) is 13.2. The Kier molecular flexibility index (Phi) is 10.9. The van der Waals surface area contributed by atoms with Gasteiger partial charge in [0.25, 0.3) is 5.91 Å². The molecule has 1 unspecified atom stereocenters. The molecule has 0 saturated heterocycles. The van der Waals surface area contributed by atoms with Gasteiger partial charge in [-0.15, -0.1) is 0 Å². The lowest BCUT2D eigenvalue weighted by molar-refractivity contribution is -0.153. The smallest absolute Gasteiger partial charge is 0.419 e. The zero-order chi connectivity index (χ0) is 23.7. The summed E-state index contributed by atoms with van der Waals surface area (Å²) in [5, 5.41) is 0. The summed E-state index contributed by atoms with van der Waals surface area (Å²) < 4.78 is 10.7. The first-order valence-electron chi connectivity index (χ1n) is 10.8. The van der Waals surface area contributed by atoms with Gasteiger partial charge in [0, 0.05) is 13.5 Å². The van der Waals surface area contributed by atoms with Crippen molar-refractivity contribution in [2.75, 3.05) is 7.11 Å². The van der Waals surface area contributed by atoms with Gasteiger partial charge in [-0.2, -0.15) is 0 Å². The second-order valence-corrected chi connectivity index (χ2v) is 8.90. The molecule has 0 radical (unpaired) electrons. The van der Waals surface area contributed by atoms with Crippen LogP contribution in [-0.4, -0.2) is 42.1 Å². The van der Waals surface area contributed by atoms with Gasteiger partial charge >= 0.3 is 6.09 Å². The molecule has 0 aromatic heterocycles. The Labute approximate surface area is 186 Å². The van der Waals surface area contributed by atoms with Crippen molar-refractivity contribution in [2.45, 2.75) is 79.7 Å². The molecule has 1 aromatic carbocycles. The van der Waals surface area contributed by atoms with Crippen LogP contribution in [-0.2, 0) is 25.7 Å². The van der Waals surface area contributed by atoms with Crippen molar-refractivity contribution in [2.24, 2.45) is 17.6 Å².